The first-order chi connectivity index (χ1) is 8.97. The van der Waals surface area contributed by atoms with Gasteiger partial charge in [0.2, 0.25) is 10.0 Å². The molecule has 0 radical (unpaired) electrons. The van der Waals surface area contributed by atoms with E-state index >= 15 is 0 Å². The maximum atomic E-state index is 12.3. The number of aliphatic hydroxyl groups is 2. The van der Waals surface area contributed by atoms with Gasteiger partial charge < -0.3 is 10.2 Å². The molecule has 104 valence electrons. The van der Waals surface area contributed by atoms with Crippen molar-refractivity contribution in [3.8, 4) is 6.07 Å². The molecule has 6 nitrogen and oxygen atoms in total. The Morgan fingerprint density at radius 3 is 2.32 bits per heavy atom. The zero-order valence-electron chi connectivity index (χ0n) is 9.95. The molecule has 0 fully saturated rings. The average molecular weight is 305 g/mol. The molecular weight excluding hydrogens is 292 g/mol. The molecule has 0 amide bonds. The highest BCUT2D eigenvalue weighted by atomic mass is 35.5. The molecule has 0 heterocycles. The van der Waals surface area contributed by atoms with Gasteiger partial charge in [0.15, 0.2) is 0 Å². The molecule has 0 unspecified atom stereocenters. The molecule has 2 N–H and O–H groups in total. The summed E-state index contributed by atoms with van der Waals surface area (Å²) in [6.45, 7) is -1.11. The van der Waals surface area contributed by atoms with Crippen molar-refractivity contribution < 1.29 is 18.6 Å². The number of aliphatic hydroxyl groups excluding tert-OH is 2. The second-order valence-electron chi connectivity index (χ2n) is 3.60. The van der Waals surface area contributed by atoms with Crippen molar-refractivity contribution in [2.45, 2.75) is 4.90 Å². The molecule has 8 heteroatoms. The van der Waals surface area contributed by atoms with E-state index in [1.807, 2.05) is 0 Å². The van der Waals surface area contributed by atoms with E-state index in [1.54, 1.807) is 6.07 Å². The minimum atomic E-state index is -3.98. The summed E-state index contributed by atoms with van der Waals surface area (Å²) in [6.07, 6.45) is 0. The third-order valence-corrected chi connectivity index (χ3v) is 4.55. The van der Waals surface area contributed by atoms with Crippen LogP contribution in [0.3, 0.4) is 0 Å². The van der Waals surface area contributed by atoms with Gasteiger partial charge in [-0.25, -0.2) is 8.42 Å². The molecule has 0 atom stereocenters. The largest absolute Gasteiger partial charge is 0.395 e. The van der Waals surface area contributed by atoms with E-state index in [1.165, 1.54) is 18.2 Å². The van der Waals surface area contributed by atoms with Gasteiger partial charge in [-0.1, -0.05) is 11.6 Å². The predicted octanol–water partition coefficient (Wildman–Crippen LogP) is 0.187. The standard InChI is InChI=1S/C11H13ClN2O4S/c12-10-2-1-9(8-13)11(7-10)19(17,18)14(3-5-15)4-6-16/h1-2,7,15-16H,3-6H2. The van der Waals surface area contributed by atoms with Crippen LogP contribution >= 0.6 is 11.6 Å². The topological polar surface area (TPSA) is 102 Å². The van der Waals surface area contributed by atoms with Gasteiger partial charge in [0, 0.05) is 18.1 Å². The van der Waals surface area contributed by atoms with Crippen molar-refractivity contribution in [2.24, 2.45) is 0 Å². The molecule has 0 spiro atoms. The Labute approximate surface area is 116 Å². The summed E-state index contributed by atoms with van der Waals surface area (Å²) in [5.41, 5.74) is -0.0368. The van der Waals surface area contributed by atoms with Crippen LogP contribution in [0.5, 0.6) is 0 Å². The molecule has 0 aliphatic rings. The van der Waals surface area contributed by atoms with Crippen LogP contribution in [0.2, 0.25) is 5.02 Å². The molecule has 1 rings (SSSR count). The van der Waals surface area contributed by atoms with Gasteiger partial charge in [0.05, 0.1) is 18.8 Å². The summed E-state index contributed by atoms with van der Waals surface area (Å²) in [6, 6.07) is 5.69. The smallest absolute Gasteiger partial charge is 0.244 e. The number of hydrogen-bond donors (Lipinski definition) is 2. The minimum Gasteiger partial charge on any atom is -0.395 e. The van der Waals surface area contributed by atoms with Crippen LogP contribution < -0.4 is 0 Å². The van der Waals surface area contributed by atoms with Crippen molar-refractivity contribution in [1.29, 1.82) is 5.26 Å². The van der Waals surface area contributed by atoms with Crippen molar-refractivity contribution in [1.82, 2.24) is 4.31 Å². The lowest BCUT2D eigenvalue weighted by atomic mass is 10.2. The summed E-state index contributed by atoms with van der Waals surface area (Å²) in [4.78, 5) is -0.232. The van der Waals surface area contributed by atoms with Crippen LogP contribution in [0.1, 0.15) is 5.56 Å². The normalized spacial score (nSPS) is 11.5. The number of nitrogens with zero attached hydrogens (tertiary/aromatic N) is 2. The van der Waals surface area contributed by atoms with Crippen LogP contribution in [0.15, 0.2) is 23.1 Å². The van der Waals surface area contributed by atoms with Crippen LogP contribution in [-0.2, 0) is 10.0 Å². The summed E-state index contributed by atoms with van der Waals surface area (Å²) in [7, 11) is -3.98. The first-order valence-electron chi connectivity index (χ1n) is 5.39. The molecular formula is C11H13ClN2O4S. The number of halogens is 1. The van der Waals surface area contributed by atoms with Crippen molar-refractivity contribution in [3.63, 3.8) is 0 Å². The predicted molar refractivity (Wildman–Crippen MR) is 69.1 cm³/mol. The third kappa shape index (κ3) is 3.65. The van der Waals surface area contributed by atoms with E-state index in [2.05, 4.69) is 0 Å². The fourth-order valence-corrected chi connectivity index (χ4v) is 3.34. The molecule has 0 saturated heterocycles. The Balaban J connectivity index is 3.32. The molecule has 1 aromatic carbocycles. The van der Waals surface area contributed by atoms with Crippen LogP contribution in [-0.4, -0.2) is 49.2 Å². The van der Waals surface area contributed by atoms with E-state index in [-0.39, 0.29) is 41.8 Å². The number of rotatable bonds is 6. The number of benzene rings is 1. The highest BCUT2D eigenvalue weighted by Gasteiger charge is 2.26. The highest BCUT2D eigenvalue weighted by molar-refractivity contribution is 7.89. The fourth-order valence-electron chi connectivity index (χ4n) is 1.52. The number of hydrogen-bond acceptors (Lipinski definition) is 5. The van der Waals surface area contributed by atoms with E-state index in [0.29, 0.717) is 0 Å². The molecule has 1 aromatic rings. The second kappa shape index (κ2) is 6.84. The van der Waals surface area contributed by atoms with E-state index in [4.69, 9.17) is 27.1 Å². The number of sulfonamides is 1. The molecule has 19 heavy (non-hydrogen) atoms. The van der Waals surface area contributed by atoms with Crippen LogP contribution in [0, 0.1) is 11.3 Å². The monoisotopic (exact) mass is 304 g/mol. The minimum absolute atomic E-state index is 0.0368. The second-order valence-corrected chi connectivity index (χ2v) is 5.95. The van der Waals surface area contributed by atoms with Gasteiger partial charge in [-0.15, -0.1) is 0 Å². The lowest BCUT2D eigenvalue weighted by molar-refractivity contribution is 0.217. The lowest BCUT2D eigenvalue weighted by Gasteiger charge is -2.20. The van der Waals surface area contributed by atoms with E-state index in [0.717, 1.165) is 4.31 Å². The maximum absolute atomic E-state index is 12.3. The first-order valence-corrected chi connectivity index (χ1v) is 7.20. The Kier molecular flexibility index (Phi) is 5.72. The Bertz CT molecular complexity index is 577. The lowest BCUT2D eigenvalue weighted by Crippen LogP contribution is -2.36. The maximum Gasteiger partial charge on any atom is 0.244 e. The number of nitriles is 1. The quantitative estimate of drug-likeness (QED) is 0.781. The van der Waals surface area contributed by atoms with Gasteiger partial charge in [-0.3, -0.25) is 0 Å². The van der Waals surface area contributed by atoms with Crippen molar-refractivity contribution >= 4 is 21.6 Å². The zero-order valence-corrected chi connectivity index (χ0v) is 11.5. The van der Waals surface area contributed by atoms with Crippen LogP contribution in [0.25, 0.3) is 0 Å². The van der Waals surface area contributed by atoms with Gasteiger partial charge in [-0.05, 0) is 18.2 Å². The fraction of sp³-hybridized carbons (Fsp3) is 0.364. The highest BCUT2D eigenvalue weighted by Crippen LogP contribution is 2.23. The van der Waals surface area contributed by atoms with Crippen LogP contribution in [0.4, 0.5) is 0 Å². The molecule has 0 saturated carbocycles. The molecule has 0 bridgehead atoms. The molecule has 0 aliphatic carbocycles. The summed E-state index contributed by atoms with van der Waals surface area (Å²) in [5, 5.41) is 26.9. The summed E-state index contributed by atoms with van der Waals surface area (Å²) < 4.78 is 25.6. The third-order valence-electron chi connectivity index (χ3n) is 2.38. The first kappa shape index (κ1) is 15.9. The Morgan fingerprint density at radius 1 is 1.26 bits per heavy atom. The zero-order chi connectivity index (χ0) is 14.5. The van der Waals surface area contributed by atoms with E-state index in [9.17, 15) is 8.42 Å². The van der Waals surface area contributed by atoms with Gasteiger partial charge in [0.1, 0.15) is 11.0 Å². The van der Waals surface area contributed by atoms with Gasteiger partial charge >= 0.3 is 0 Å². The molecule has 0 aliphatic heterocycles. The summed E-state index contributed by atoms with van der Waals surface area (Å²) in [5.74, 6) is 0. The van der Waals surface area contributed by atoms with Crippen molar-refractivity contribution in [3.05, 3.63) is 28.8 Å². The Morgan fingerprint density at radius 2 is 1.84 bits per heavy atom. The SMILES string of the molecule is N#Cc1ccc(Cl)cc1S(=O)(=O)N(CCO)CCO. The molecule has 0 aromatic heterocycles. The average Bonchev–Trinajstić information content (AvgIpc) is 2.38. The van der Waals surface area contributed by atoms with Gasteiger partial charge in [0.25, 0.3) is 0 Å². The van der Waals surface area contributed by atoms with Crippen molar-refractivity contribution in [2.75, 3.05) is 26.3 Å². The van der Waals surface area contributed by atoms with Gasteiger partial charge in [-0.2, -0.15) is 9.57 Å². The summed E-state index contributed by atoms with van der Waals surface area (Å²) >= 11 is 5.75. The van der Waals surface area contributed by atoms with E-state index < -0.39 is 10.0 Å². The Hall–Kier alpha value is -1.17.